The largest absolute Gasteiger partial charge is 0.480 e. The van der Waals surface area contributed by atoms with Crippen molar-refractivity contribution in [3.63, 3.8) is 0 Å². The summed E-state index contributed by atoms with van der Waals surface area (Å²) in [5.41, 5.74) is 7.47. The number of aryl methyl sites for hydroxylation is 1. The summed E-state index contributed by atoms with van der Waals surface area (Å²) in [4.78, 5) is 10.6. The van der Waals surface area contributed by atoms with Crippen LogP contribution in [0, 0.1) is 19.7 Å². The molecule has 1 rings (SSSR count). The van der Waals surface area contributed by atoms with E-state index < -0.39 is 17.8 Å². The van der Waals surface area contributed by atoms with Gasteiger partial charge in [-0.3, -0.25) is 4.79 Å². The van der Waals surface area contributed by atoms with Gasteiger partial charge in [-0.25, -0.2) is 4.39 Å². The predicted octanol–water partition coefficient (Wildman–Crippen LogP) is 1.40. The second-order valence-corrected chi connectivity index (χ2v) is 3.62. The van der Waals surface area contributed by atoms with E-state index in [1.807, 2.05) is 6.92 Å². The summed E-state index contributed by atoms with van der Waals surface area (Å²) in [6.07, 6.45) is 0.0225. The molecule has 0 radical (unpaired) electrons. The lowest BCUT2D eigenvalue weighted by molar-refractivity contribution is -0.138. The summed E-state index contributed by atoms with van der Waals surface area (Å²) in [5, 5.41) is 8.65. The van der Waals surface area contributed by atoms with Crippen molar-refractivity contribution in [2.75, 3.05) is 0 Å². The number of benzene rings is 1. The fourth-order valence-corrected chi connectivity index (χ4v) is 1.40. The highest BCUT2D eigenvalue weighted by Crippen LogP contribution is 2.18. The minimum atomic E-state index is -1.12. The van der Waals surface area contributed by atoms with E-state index in [9.17, 15) is 9.18 Å². The molecule has 1 unspecified atom stereocenters. The number of carboxylic acid groups (broad SMARTS) is 1. The van der Waals surface area contributed by atoms with E-state index in [-0.39, 0.29) is 6.42 Å². The molecule has 1 atom stereocenters. The molecule has 1 aromatic rings. The smallest absolute Gasteiger partial charge is 0.320 e. The van der Waals surface area contributed by atoms with Crippen molar-refractivity contribution in [3.05, 3.63) is 34.6 Å². The molecule has 0 saturated heterocycles. The van der Waals surface area contributed by atoms with Crippen molar-refractivity contribution in [2.45, 2.75) is 26.3 Å². The van der Waals surface area contributed by atoms with Gasteiger partial charge in [-0.15, -0.1) is 0 Å². The van der Waals surface area contributed by atoms with Crippen LogP contribution in [0.4, 0.5) is 4.39 Å². The van der Waals surface area contributed by atoms with Crippen molar-refractivity contribution in [3.8, 4) is 0 Å². The summed E-state index contributed by atoms with van der Waals surface area (Å²) in [6, 6.07) is 1.95. The van der Waals surface area contributed by atoms with Gasteiger partial charge in [0, 0.05) is 6.42 Å². The fraction of sp³-hybridized carbons (Fsp3) is 0.364. The normalized spacial score (nSPS) is 12.5. The van der Waals surface area contributed by atoms with Gasteiger partial charge >= 0.3 is 5.97 Å². The van der Waals surface area contributed by atoms with Crippen LogP contribution in [0.2, 0.25) is 0 Å². The minimum absolute atomic E-state index is 0.0225. The summed E-state index contributed by atoms with van der Waals surface area (Å²) >= 11 is 0. The molecule has 0 aromatic heterocycles. The van der Waals surface area contributed by atoms with Gasteiger partial charge < -0.3 is 10.8 Å². The predicted molar refractivity (Wildman–Crippen MR) is 55.2 cm³/mol. The lowest BCUT2D eigenvalue weighted by Crippen LogP contribution is -2.32. The molecule has 0 bridgehead atoms. The van der Waals surface area contributed by atoms with Crippen molar-refractivity contribution >= 4 is 5.97 Å². The van der Waals surface area contributed by atoms with Gasteiger partial charge in [0.05, 0.1) is 0 Å². The van der Waals surface area contributed by atoms with Crippen LogP contribution in [0.1, 0.15) is 16.7 Å². The van der Waals surface area contributed by atoms with Gasteiger partial charge in [0.1, 0.15) is 11.9 Å². The number of nitrogens with two attached hydrogens (primary N) is 1. The Morgan fingerprint density at radius 1 is 1.53 bits per heavy atom. The lowest BCUT2D eigenvalue weighted by atomic mass is 9.97. The highest BCUT2D eigenvalue weighted by atomic mass is 19.1. The van der Waals surface area contributed by atoms with Crippen LogP contribution in [0.5, 0.6) is 0 Å². The van der Waals surface area contributed by atoms with Gasteiger partial charge in [-0.2, -0.15) is 0 Å². The highest BCUT2D eigenvalue weighted by Gasteiger charge is 2.16. The molecule has 0 saturated carbocycles. The first kappa shape index (κ1) is 11.7. The Morgan fingerprint density at radius 3 is 2.67 bits per heavy atom. The van der Waals surface area contributed by atoms with Crippen LogP contribution in [-0.4, -0.2) is 17.1 Å². The average Bonchev–Trinajstić information content (AvgIpc) is 2.18. The topological polar surface area (TPSA) is 63.3 Å². The fourth-order valence-electron chi connectivity index (χ4n) is 1.40. The number of rotatable bonds is 3. The second kappa shape index (κ2) is 4.40. The Balaban J connectivity index is 3.03. The van der Waals surface area contributed by atoms with Gasteiger partial charge in [0.25, 0.3) is 0 Å². The zero-order chi connectivity index (χ0) is 11.6. The number of halogens is 1. The van der Waals surface area contributed by atoms with E-state index >= 15 is 0 Å². The Labute approximate surface area is 87.7 Å². The molecule has 15 heavy (non-hydrogen) atoms. The van der Waals surface area contributed by atoms with Crippen LogP contribution in [0.15, 0.2) is 12.1 Å². The second-order valence-electron chi connectivity index (χ2n) is 3.62. The Bertz CT molecular complexity index is 390. The first-order valence-corrected chi connectivity index (χ1v) is 4.66. The zero-order valence-corrected chi connectivity index (χ0v) is 8.75. The monoisotopic (exact) mass is 211 g/mol. The van der Waals surface area contributed by atoms with Crippen LogP contribution < -0.4 is 5.73 Å². The van der Waals surface area contributed by atoms with Crippen LogP contribution in [0.3, 0.4) is 0 Å². The molecule has 0 aliphatic heterocycles. The standard InChI is InChI=1S/C11H14FNO2/c1-6-3-4-9(12)8(7(6)2)5-10(13)11(14)15/h3-4,10H,5,13H2,1-2H3,(H,14,15). The Morgan fingerprint density at radius 2 is 2.13 bits per heavy atom. The maximum absolute atomic E-state index is 13.4. The van der Waals surface area contributed by atoms with E-state index in [1.165, 1.54) is 6.07 Å². The van der Waals surface area contributed by atoms with Crippen LogP contribution in [-0.2, 0) is 11.2 Å². The van der Waals surface area contributed by atoms with Crippen LogP contribution in [0.25, 0.3) is 0 Å². The van der Waals surface area contributed by atoms with E-state index in [4.69, 9.17) is 10.8 Å². The van der Waals surface area contributed by atoms with E-state index in [1.54, 1.807) is 13.0 Å². The van der Waals surface area contributed by atoms with Gasteiger partial charge in [-0.1, -0.05) is 6.07 Å². The molecule has 0 amide bonds. The molecule has 1 aromatic carbocycles. The molecule has 0 heterocycles. The van der Waals surface area contributed by atoms with Gasteiger partial charge in [0.2, 0.25) is 0 Å². The SMILES string of the molecule is Cc1ccc(F)c(CC(N)C(=O)O)c1C. The lowest BCUT2D eigenvalue weighted by Gasteiger charge is -2.12. The maximum atomic E-state index is 13.4. The number of hydrogen-bond donors (Lipinski definition) is 2. The average molecular weight is 211 g/mol. The minimum Gasteiger partial charge on any atom is -0.480 e. The molecule has 0 fully saturated rings. The van der Waals surface area contributed by atoms with Crippen molar-refractivity contribution < 1.29 is 14.3 Å². The number of carboxylic acids is 1. The van der Waals surface area contributed by atoms with Crippen molar-refractivity contribution in [1.29, 1.82) is 0 Å². The maximum Gasteiger partial charge on any atom is 0.320 e. The molecule has 0 aliphatic rings. The Hall–Kier alpha value is -1.42. The zero-order valence-electron chi connectivity index (χ0n) is 8.75. The quantitative estimate of drug-likeness (QED) is 0.794. The summed E-state index contributed by atoms with van der Waals surface area (Å²) < 4.78 is 13.4. The van der Waals surface area contributed by atoms with Gasteiger partial charge in [-0.05, 0) is 36.6 Å². The summed E-state index contributed by atoms with van der Waals surface area (Å²) in [7, 11) is 0. The molecule has 3 nitrogen and oxygen atoms in total. The number of hydrogen-bond acceptors (Lipinski definition) is 2. The van der Waals surface area contributed by atoms with Crippen LogP contribution >= 0.6 is 0 Å². The Kier molecular flexibility index (Phi) is 3.42. The molecule has 82 valence electrons. The molecule has 0 spiro atoms. The summed E-state index contributed by atoms with van der Waals surface area (Å²) in [6.45, 7) is 3.62. The molecule has 3 N–H and O–H groups in total. The molecule has 0 aliphatic carbocycles. The third-order valence-corrected chi connectivity index (χ3v) is 2.55. The summed E-state index contributed by atoms with van der Waals surface area (Å²) in [5.74, 6) is -1.51. The van der Waals surface area contributed by atoms with E-state index in [0.29, 0.717) is 5.56 Å². The van der Waals surface area contributed by atoms with E-state index in [2.05, 4.69) is 0 Å². The number of carbonyl (C=O) groups is 1. The third kappa shape index (κ3) is 2.53. The molecular weight excluding hydrogens is 197 g/mol. The third-order valence-electron chi connectivity index (χ3n) is 2.55. The first-order chi connectivity index (χ1) is 6.93. The number of aliphatic carboxylic acids is 1. The van der Waals surface area contributed by atoms with E-state index in [0.717, 1.165) is 11.1 Å². The van der Waals surface area contributed by atoms with Gasteiger partial charge in [0.15, 0.2) is 0 Å². The van der Waals surface area contributed by atoms with Crippen molar-refractivity contribution in [1.82, 2.24) is 0 Å². The molecule has 4 heteroatoms. The highest BCUT2D eigenvalue weighted by molar-refractivity contribution is 5.73. The van der Waals surface area contributed by atoms with Crippen molar-refractivity contribution in [2.24, 2.45) is 5.73 Å². The molecular formula is C11H14FNO2. The first-order valence-electron chi connectivity index (χ1n) is 4.66.